The lowest BCUT2D eigenvalue weighted by Gasteiger charge is -2.07. The SMILES string of the molecule is CC1C=CC(C)CCCCCC=CCC1. The minimum absolute atomic E-state index is 0.748. The van der Waals surface area contributed by atoms with Crippen molar-refractivity contribution in [1.29, 1.82) is 0 Å². The molecule has 0 bridgehead atoms. The van der Waals surface area contributed by atoms with Crippen LogP contribution in [0, 0.1) is 11.8 Å². The minimum atomic E-state index is 0.748. The summed E-state index contributed by atoms with van der Waals surface area (Å²) in [4.78, 5) is 0. The third-order valence-electron chi connectivity index (χ3n) is 3.25. The summed E-state index contributed by atoms with van der Waals surface area (Å²) >= 11 is 0. The van der Waals surface area contributed by atoms with Crippen LogP contribution in [0.3, 0.4) is 0 Å². The summed E-state index contributed by atoms with van der Waals surface area (Å²) in [5.41, 5.74) is 0. The molecule has 0 N–H and O–H groups in total. The Balaban J connectivity index is 2.40. The van der Waals surface area contributed by atoms with Crippen molar-refractivity contribution < 1.29 is 0 Å². The van der Waals surface area contributed by atoms with E-state index >= 15 is 0 Å². The first-order valence-corrected chi connectivity index (χ1v) is 6.62. The highest BCUT2D eigenvalue weighted by atomic mass is 14.1. The van der Waals surface area contributed by atoms with Crippen LogP contribution in [-0.4, -0.2) is 0 Å². The van der Waals surface area contributed by atoms with Crippen LogP contribution in [0.15, 0.2) is 24.3 Å². The minimum Gasteiger partial charge on any atom is -0.0885 e. The van der Waals surface area contributed by atoms with E-state index < -0.39 is 0 Å². The van der Waals surface area contributed by atoms with Gasteiger partial charge in [-0.3, -0.25) is 0 Å². The van der Waals surface area contributed by atoms with Gasteiger partial charge in [-0.05, 0) is 43.9 Å². The summed E-state index contributed by atoms with van der Waals surface area (Å²) in [6, 6.07) is 0. The Morgan fingerprint density at radius 1 is 0.733 bits per heavy atom. The molecular weight excluding hydrogens is 180 g/mol. The summed E-state index contributed by atoms with van der Waals surface area (Å²) in [5, 5.41) is 0. The number of allylic oxidation sites excluding steroid dienone is 4. The first kappa shape index (κ1) is 12.5. The van der Waals surface area contributed by atoms with E-state index in [-0.39, 0.29) is 0 Å². The van der Waals surface area contributed by atoms with Crippen molar-refractivity contribution in [3.05, 3.63) is 24.3 Å². The molecule has 1 rings (SSSR count). The summed E-state index contributed by atoms with van der Waals surface area (Å²) in [6.45, 7) is 4.68. The van der Waals surface area contributed by atoms with Crippen molar-refractivity contribution in [2.24, 2.45) is 11.8 Å². The van der Waals surface area contributed by atoms with Crippen LogP contribution in [-0.2, 0) is 0 Å². The monoisotopic (exact) mass is 206 g/mol. The van der Waals surface area contributed by atoms with Gasteiger partial charge in [0, 0.05) is 0 Å². The Labute approximate surface area is 95.5 Å². The Kier molecular flexibility index (Phi) is 6.47. The first-order chi connectivity index (χ1) is 7.29. The predicted molar refractivity (Wildman–Crippen MR) is 68.9 cm³/mol. The zero-order valence-corrected chi connectivity index (χ0v) is 10.4. The normalized spacial score (nSPS) is 30.3. The topological polar surface area (TPSA) is 0 Å². The summed E-state index contributed by atoms with van der Waals surface area (Å²) in [5.74, 6) is 1.53. The van der Waals surface area contributed by atoms with E-state index in [1.807, 2.05) is 0 Å². The summed E-state index contributed by atoms with van der Waals surface area (Å²) in [6.07, 6.45) is 19.0. The van der Waals surface area contributed by atoms with Gasteiger partial charge in [0.2, 0.25) is 0 Å². The van der Waals surface area contributed by atoms with Crippen molar-refractivity contribution in [2.75, 3.05) is 0 Å². The maximum Gasteiger partial charge on any atom is -0.0259 e. The molecule has 0 saturated heterocycles. The number of rotatable bonds is 0. The average molecular weight is 206 g/mol. The fraction of sp³-hybridized carbons (Fsp3) is 0.733. The molecule has 0 nitrogen and oxygen atoms in total. The van der Waals surface area contributed by atoms with Crippen LogP contribution in [0.4, 0.5) is 0 Å². The van der Waals surface area contributed by atoms with Gasteiger partial charge >= 0.3 is 0 Å². The van der Waals surface area contributed by atoms with Crippen molar-refractivity contribution >= 4 is 0 Å². The lowest BCUT2D eigenvalue weighted by Crippen LogP contribution is -1.93. The van der Waals surface area contributed by atoms with E-state index in [0.717, 1.165) is 11.8 Å². The fourth-order valence-electron chi connectivity index (χ4n) is 2.07. The lowest BCUT2D eigenvalue weighted by atomic mass is 9.99. The molecule has 0 aromatic carbocycles. The Morgan fingerprint density at radius 3 is 2.20 bits per heavy atom. The predicted octanol–water partition coefficient (Wildman–Crippen LogP) is 5.12. The van der Waals surface area contributed by atoms with Crippen LogP contribution >= 0.6 is 0 Å². The second kappa shape index (κ2) is 7.73. The second-order valence-electron chi connectivity index (χ2n) is 5.03. The third kappa shape index (κ3) is 6.54. The van der Waals surface area contributed by atoms with E-state index in [9.17, 15) is 0 Å². The first-order valence-electron chi connectivity index (χ1n) is 6.62. The third-order valence-corrected chi connectivity index (χ3v) is 3.25. The number of hydrogen-bond acceptors (Lipinski definition) is 0. The number of hydrogen-bond donors (Lipinski definition) is 0. The molecule has 0 aliphatic heterocycles. The van der Waals surface area contributed by atoms with Gasteiger partial charge in [-0.25, -0.2) is 0 Å². The molecule has 0 fully saturated rings. The Morgan fingerprint density at radius 2 is 1.40 bits per heavy atom. The molecule has 0 spiro atoms. The maximum atomic E-state index is 2.42. The van der Waals surface area contributed by atoms with Crippen LogP contribution in [0.5, 0.6) is 0 Å². The Bertz CT molecular complexity index is 200. The molecule has 86 valence electrons. The van der Waals surface area contributed by atoms with Crippen LogP contribution in [0.1, 0.15) is 58.8 Å². The van der Waals surface area contributed by atoms with Crippen molar-refractivity contribution in [1.82, 2.24) is 0 Å². The highest BCUT2D eigenvalue weighted by Gasteiger charge is 2.00. The molecule has 0 heteroatoms. The van der Waals surface area contributed by atoms with E-state index in [1.54, 1.807) is 0 Å². The van der Waals surface area contributed by atoms with Gasteiger partial charge in [0.15, 0.2) is 0 Å². The highest BCUT2D eigenvalue weighted by molar-refractivity contribution is 4.92. The van der Waals surface area contributed by atoms with Gasteiger partial charge in [0.05, 0.1) is 0 Å². The smallest absolute Gasteiger partial charge is 0.0259 e. The molecule has 1 aliphatic carbocycles. The van der Waals surface area contributed by atoms with Gasteiger partial charge in [0.1, 0.15) is 0 Å². The van der Waals surface area contributed by atoms with E-state index in [2.05, 4.69) is 38.2 Å². The molecule has 1 aliphatic rings. The highest BCUT2D eigenvalue weighted by Crippen LogP contribution is 2.16. The lowest BCUT2D eigenvalue weighted by molar-refractivity contribution is 0.562. The molecular formula is C15H26. The van der Waals surface area contributed by atoms with Gasteiger partial charge in [-0.1, -0.05) is 51.0 Å². The quantitative estimate of drug-likeness (QED) is 0.483. The molecule has 15 heavy (non-hydrogen) atoms. The van der Waals surface area contributed by atoms with Crippen LogP contribution in [0.25, 0.3) is 0 Å². The molecule has 0 saturated carbocycles. The molecule has 0 aromatic heterocycles. The van der Waals surface area contributed by atoms with E-state index in [0.29, 0.717) is 0 Å². The zero-order valence-electron chi connectivity index (χ0n) is 10.4. The van der Waals surface area contributed by atoms with Crippen molar-refractivity contribution in [3.8, 4) is 0 Å². The second-order valence-corrected chi connectivity index (χ2v) is 5.03. The van der Waals surface area contributed by atoms with Gasteiger partial charge < -0.3 is 0 Å². The van der Waals surface area contributed by atoms with Gasteiger partial charge in [0.25, 0.3) is 0 Å². The van der Waals surface area contributed by atoms with E-state index in [4.69, 9.17) is 0 Å². The molecule has 0 amide bonds. The van der Waals surface area contributed by atoms with Crippen LogP contribution in [0.2, 0.25) is 0 Å². The molecule has 0 heterocycles. The molecule has 2 unspecified atom stereocenters. The van der Waals surface area contributed by atoms with Gasteiger partial charge in [-0.2, -0.15) is 0 Å². The van der Waals surface area contributed by atoms with Gasteiger partial charge in [-0.15, -0.1) is 0 Å². The molecule has 0 aromatic rings. The van der Waals surface area contributed by atoms with Crippen LogP contribution < -0.4 is 0 Å². The molecule has 2 atom stereocenters. The maximum absolute atomic E-state index is 2.42. The standard InChI is InChI=1S/C15H26/c1-14-10-8-6-4-3-5-7-9-11-15(2)13-12-14/h4,6,12-15H,3,5,7-11H2,1-2H3. The van der Waals surface area contributed by atoms with E-state index in [1.165, 1.54) is 44.9 Å². The largest absolute Gasteiger partial charge is 0.0885 e. The zero-order chi connectivity index (χ0) is 10.9. The summed E-state index contributed by atoms with van der Waals surface area (Å²) < 4.78 is 0. The van der Waals surface area contributed by atoms with Crippen molar-refractivity contribution in [2.45, 2.75) is 58.8 Å². The van der Waals surface area contributed by atoms with Crippen molar-refractivity contribution in [3.63, 3.8) is 0 Å². The fourth-order valence-corrected chi connectivity index (χ4v) is 2.07. The molecule has 0 radical (unpaired) electrons. The Hall–Kier alpha value is -0.520. The average Bonchev–Trinajstić information content (AvgIpc) is 2.24. The summed E-state index contributed by atoms with van der Waals surface area (Å²) in [7, 11) is 0.